The largest absolute Gasteiger partial charge is 0.405 e. The zero-order chi connectivity index (χ0) is 51.3. The number of allylic oxidation sites excluding steroid dienone is 1. The van der Waals surface area contributed by atoms with Crippen molar-refractivity contribution in [3.05, 3.63) is 133 Å². The van der Waals surface area contributed by atoms with E-state index in [1.807, 2.05) is 43.3 Å². The van der Waals surface area contributed by atoms with E-state index in [2.05, 4.69) is 83.9 Å². The molecule has 14 nitrogen and oxygen atoms in total. The number of ether oxygens (including phenoxy) is 1. The number of carbonyl (C=O) groups is 2. The molecule has 5 heterocycles. The van der Waals surface area contributed by atoms with E-state index in [4.69, 9.17) is 16.2 Å². The van der Waals surface area contributed by atoms with Crippen LogP contribution in [-0.4, -0.2) is 124 Å². The zero-order valence-electron chi connectivity index (χ0n) is 43.7. The molecule has 2 fully saturated rings. The van der Waals surface area contributed by atoms with Crippen molar-refractivity contribution in [2.75, 3.05) is 66.5 Å². The van der Waals surface area contributed by atoms with Gasteiger partial charge in [-0.25, -0.2) is 9.18 Å². The number of likely N-dealkylation sites (N-methyl/N-ethyl adjacent to an activating group) is 1. The molecule has 2 amide bonds. The highest BCUT2D eigenvalue weighted by Gasteiger charge is 2.31. The third-order valence-corrected chi connectivity index (χ3v) is 15.5. The first kappa shape index (κ1) is 52.9. The number of benzene rings is 2. The molecule has 15 heteroatoms. The quantitative estimate of drug-likeness (QED) is 0.0929. The maximum absolute atomic E-state index is 15.6. The maximum Gasteiger partial charge on any atom is 0.329 e. The highest BCUT2D eigenvalue weighted by molar-refractivity contribution is 5.95. The lowest BCUT2D eigenvalue weighted by atomic mass is 9.89. The summed E-state index contributed by atoms with van der Waals surface area (Å²) in [5, 5.41) is 3.18. The number of rotatable bonds is 17. The molecule has 71 heavy (non-hydrogen) atoms. The van der Waals surface area contributed by atoms with E-state index in [0.717, 1.165) is 111 Å². The summed E-state index contributed by atoms with van der Waals surface area (Å²) in [5.41, 5.74) is 23.2. The summed E-state index contributed by atoms with van der Waals surface area (Å²) < 4.78 is 24.4. The Morgan fingerprint density at radius 2 is 1.76 bits per heavy atom. The number of nitrogens with two attached hydrogens (primary N) is 2. The molecule has 3 aliphatic rings. The second-order valence-corrected chi connectivity index (χ2v) is 20.1. The summed E-state index contributed by atoms with van der Waals surface area (Å²) in [6.07, 6.45) is 14.7. The van der Waals surface area contributed by atoms with Crippen molar-refractivity contribution < 1.29 is 18.7 Å². The number of carbonyl (C=O) groups excluding carboxylic acids is 2. The molecule has 0 aliphatic carbocycles. The minimum absolute atomic E-state index is 0.109. The number of aromatic nitrogens is 3. The zero-order valence-corrected chi connectivity index (χ0v) is 43.7. The van der Waals surface area contributed by atoms with Crippen LogP contribution in [0.1, 0.15) is 115 Å². The number of likely N-dealkylation sites (tertiary alicyclic amines) is 1. The number of pyridine rings is 1. The highest BCUT2D eigenvalue weighted by Crippen LogP contribution is 2.33. The van der Waals surface area contributed by atoms with Crippen molar-refractivity contribution in [2.45, 2.75) is 105 Å². The predicted octanol–water partition coefficient (Wildman–Crippen LogP) is 7.14. The van der Waals surface area contributed by atoms with Gasteiger partial charge in [0.25, 0.3) is 5.91 Å². The van der Waals surface area contributed by atoms with E-state index < -0.39 is 17.8 Å². The van der Waals surface area contributed by atoms with Crippen molar-refractivity contribution in [2.24, 2.45) is 24.4 Å². The molecule has 2 saturated heterocycles. The van der Waals surface area contributed by atoms with Gasteiger partial charge < -0.3 is 26.4 Å². The number of nitrogens with one attached hydrogen (secondary N) is 1. The van der Waals surface area contributed by atoms with Crippen LogP contribution < -0.4 is 22.5 Å². The molecule has 4 unspecified atom stereocenters. The third kappa shape index (κ3) is 11.6. The van der Waals surface area contributed by atoms with Crippen LogP contribution >= 0.6 is 0 Å². The molecule has 5 N–H and O–H groups in total. The lowest BCUT2D eigenvalue weighted by Gasteiger charge is -2.42. The van der Waals surface area contributed by atoms with Crippen LogP contribution in [0, 0.1) is 32.5 Å². The number of imidazole rings is 1. The van der Waals surface area contributed by atoms with Gasteiger partial charge in [0.1, 0.15) is 18.0 Å². The van der Waals surface area contributed by atoms with Gasteiger partial charge in [0.05, 0.1) is 11.0 Å². The number of fused-ring (bicyclic) bond motifs is 1. The minimum Gasteiger partial charge on any atom is -0.405 e. The van der Waals surface area contributed by atoms with Crippen molar-refractivity contribution >= 4 is 34.5 Å². The second kappa shape index (κ2) is 23.1. The Balaban J connectivity index is 0.918. The van der Waals surface area contributed by atoms with E-state index in [-0.39, 0.29) is 29.8 Å². The molecular weight excluding hydrogens is 896 g/mol. The van der Waals surface area contributed by atoms with Crippen molar-refractivity contribution in [3.63, 3.8) is 0 Å². The molecule has 0 spiro atoms. The lowest BCUT2D eigenvalue weighted by Crippen LogP contribution is -2.53. The first-order chi connectivity index (χ1) is 34.0. The summed E-state index contributed by atoms with van der Waals surface area (Å²) in [7, 11) is 5.22. The molecule has 0 bridgehead atoms. The molecule has 2 aromatic carbocycles. The Morgan fingerprint density at radius 1 is 1.04 bits per heavy atom. The van der Waals surface area contributed by atoms with E-state index in [9.17, 15) is 14.4 Å². The van der Waals surface area contributed by atoms with Crippen molar-refractivity contribution in [1.82, 2.24) is 39.0 Å². The summed E-state index contributed by atoms with van der Waals surface area (Å²) in [6, 6.07) is 8.98. The van der Waals surface area contributed by atoms with Crippen LogP contribution in [0.15, 0.2) is 77.0 Å². The molecule has 0 radical (unpaired) electrons. The van der Waals surface area contributed by atoms with Crippen LogP contribution in [0.5, 0.6) is 0 Å². The normalized spacial score (nSPS) is 19.6. The number of hydrogen-bond acceptors (Lipinski definition) is 10. The number of aryl methyl sites for hydroxylation is 4. The number of piperidine rings is 1. The number of nitrogens with zero attached hydrogens (tertiary/aromatic N) is 7. The molecular formula is C56H77FN10O4. The Kier molecular flexibility index (Phi) is 17.2. The average Bonchev–Trinajstić information content (AvgIpc) is 3.58. The Morgan fingerprint density at radius 3 is 2.37 bits per heavy atom. The fourth-order valence-corrected chi connectivity index (χ4v) is 11.2. The monoisotopic (exact) mass is 973 g/mol. The number of halogens is 1. The molecule has 382 valence electrons. The first-order valence-corrected chi connectivity index (χ1v) is 25.4. The van der Waals surface area contributed by atoms with E-state index in [0.29, 0.717) is 35.5 Å². The number of primary amides is 1. The Hall–Kier alpha value is -5.87. The van der Waals surface area contributed by atoms with Gasteiger partial charge in [-0.15, -0.1) is 0 Å². The number of amides is 2. The highest BCUT2D eigenvalue weighted by atomic mass is 19.1. The van der Waals surface area contributed by atoms with Gasteiger partial charge in [-0.1, -0.05) is 24.6 Å². The van der Waals surface area contributed by atoms with Crippen LogP contribution in [0.2, 0.25) is 0 Å². The summed E-state index contributed by atoms with van der Waals surface area (Å²) in [5.74, 6) is -0.406. The van der Waals surface area contributed by atoms with Gasteiger partial charge in [0.2, 0.25) is 5.91 Å². The molecule has 7 rings (SSSR count). The fourth-order valence-electron chi connectivity index (χ4n) is 11.2. The van der Waals surface area contributed by atoms with Gasteiger partial charge in [-0.3, -0.25) is 38.4 Å². The number of methoxy groups -OCH3 is 1. The fraction of sp³-hybridized carbons (Fsp3) is 0.500. The smallest absolute Gasteiger partial charge is 0.329 e. The van der Waals surface area contributed by atoms with E-state index in [1.165, 1.54) is 38.1 Å². The third-order valence-electron chi connectivity index (χ3n) is 15.5. The van der Waals surface area contributed by atoms with E-state index in [1.54, 1.807) is 27.1 Å². The minimum atomic E-state index is -0.839. The van der Waals surface area contributed by atoms with Crippen LogP contribution in [0.25, 0.3) is 22.7 Å². The van der Waals surface area contributed by atoms with Crippen molar-refractivity contribution in [3.8, 4) is 0 Å². The summed E-state index contributed by atoms with van der Waals surface area (Å²) >= 11 is 0. The topological polar surface area (TPSA) is 160 Å². The summed E-state index contributed by atoms with van der Waals surface area (Å²) in [4.78, 5) is 53.3. The van der Waals surface area contributed by atoms with Gasteiger partial charge in [-0.05, 0) is 144 Å². The molecule has 4 atom stereocenters. The lowest BCUT2D eigenvalue weighted by molar-refractivity contribution is -0.121. The van der Waals surface area contributed by atoms with Gasteiger partial charge in [-0.2, -0.15) is 0 Å². The van der Waals surface area contributed by atoms with Crippen LogP contribution in [-0.2, 0) is 23.1 Å². The first-order valence-electron chi connectivity index (χ1n) is 25.4. The van der Waals surface area contributed by atoms with Crippen molar-refractivity contribution in [1.29, 1.82) is 0 Å². The Bertz CT molecular complexity index is 2760. The summed E-state index contributed by atoms with van der Waals surface area (Å²) in [6.45, 7) is 21.9. The van der Waals surface area contributed by atoms with Gasteiger partial charge >= 0.3 is 5.69 Å². The maximum atomic E-state index is 15.6. The SMILES string of the molecule is CCC(C(N)=O)n1c(=O)n(C)c2cc(CN3CCN(CC4CCN(C(=O)c5cc(C)c(C6=CCN(C(C)/C(C)=C/c7c(C(/C=C(\C=C/N)NC)OC)ccnc7C)CC6)c(C)c5)CC4)C(C)C3)c(F)cc21. The van der Waals surface area contributed by atoms with Crippen LogP contribution in [0.4, 0.5) is 4.39 Å². The molecule has 4 aromatic rings. The van der Waals surface area contributed by atoms with Gasteiger partial charge in [0, 0.05) is 133 Å². The molecule has 2 aromatic heterocycles. The molecule has 0 saturated carbocycles. The second-order valence-electron chi connectivity index (χ2n) is 20.1. The standard InChI is InChI=1S/C56H77FN10O4/c1-11-49(54(59)68)67-51-31-48(57)44(29-50(51)62(9)56(67)70)34-63-24-25-66(38(5)32-63)33-41-14-20-65(21-15-41)55(69)43-26-36(3)53(37(4)27-43)42-16-22-64(23-17-42)40(7)35(2)28-47-39(6)61-19-13-46(47)52(71-10)30-45(60-8)12-18-58/h12-13,16,18-19,26-31,38,40-41,49,52,60H,11,14-15,17,20-25,32-34,58H2,1-10H3,(H2,59,68)/b18-12-,35-28+,45-30+. The number of piperazine rings is 1. The predicted molar refractivity (Wildman–Crippen MR) is 283 cm³/mol. The van der Waals surface area contributed by atoms with Gasteiger partial charge in [0.15, 0.2) is 0 Å². The van der Waals surface area contributed by atoms with Crippen LogP contribution in [0.3, 0.4) is 0 Å². The van der Waals surface area contributed by atoms with E-state index >= 15 is 4.39 Å². The molecule has 3 aliphatic heterocycles. The Labute approximate surface area is 419 Å². The average molecular weight is 973 g/mol. The number of hydrogen-bond donors (Lipinski definition) is 3.